The monoisotopic (exact) mass is 264 g/mol. The number of methoxy groups -OCH3 is 1. The Hall–Kier alpha value is -1.18. The van der Waals surface area contributed by atoms with Gasteiger partial charge in [-0.25, -0.2) is 0 Å². The standard InChI is InChI=1S/C17H28O2/c1-12-9-13(19-11-16(2,3)4)10-14(18-8)15(12)17(5,6)7/h9-10H,11H2,1-8H3. The molecular weight excluding hydrogens is 236 g/mol. The average molecular weight is 264 g/mol. The Morgan fingerprint density at radius 3 is 2.00 bits per heavy atom. The fourth-order valence-electron chi connectivity index (χ4n) is 2.23. The van der Waals surface area contributed by atoms with E-state index in [1.165, 1.54) is 11.1 Å². The summed E-state index contributed by atoms with van der Waals surface area (Å²) in [7, 11) is 1.72. The maximum atomic E-state index is 5.88. The molecule has 1 rings (SSSR count). The van der Waals surface area contributed by atoms with Crippen LogP contribution in [0, 0.1) is 12.3 Å². The van der Waals surface area contributed by atoms with Crippen molar-refractivity contribution in [1.29, 1.82) is 0 Å². The normalized spacial score (nSPS) is 12.4. The molecule has 0 aliphatic carbocycles. The second-order valence-electron chi connectivity index (χ2n) is 7.42. The molecule has 0 saturated carbocycles. The van der Waals surface area contributed by atoms with E-state index in [9.17, 15) is 0 Å². The molecule has 0 aliphatic heterocycles. The van der Waals surface area contributed by atoms with E-state index in [0.29, 0.717) is 6.61 Å². The first kappa shape index (κ1) is 15.9. The fourth-order valence-corrected chi connectivity index (χ4v) is 2.23. The summed E-state index contributed by atoms with van der Waals surface area (Å²) in [5.41, 5.74) is 2.69. The van der Waals surface area contributed by atoms with Crippen LogP contribution in [0.5, 0.6) is 11.5 Å². The first-order chi connectivity index (χ1) is 8.54. The average Bonchev–Trinajstić information content (AvgIpc) is 2.22. The van der Waals surface area contributed by atoms with E-state index in [1.54, 1.807) is 7.11 Å². The van der Waals surface area contributed by atoms with Gasteiger partial charge in [-0.15, -0.1) is 0 Å². The maximum absolute atomic E-state index is 5.88. The van der Waals surface area contributed by atoms with Crippen molar-refractivity contribution >= 4 is 0 Å². The topological polar surface area (TPSA) is 18.5 Å². The molecule has 1 aromatic carbocycles. The molecule has 108 valence electrons. The number of hydrogen-bond acceptors (Lipinski definition) is 2. The summed E-state index contributed by atoms with van der Waals surface area (Å²) < 4.78 is 11.4. The van der Waals surface area contributed by atoms with Crippen molar-refractivity contribution in [3.63, 3.8) is 0 Å². The van der Waals surface area contributed by atoms with Crippen LogP contribution >= 0.6 is 0 Å². The number of hydrogen-bond donors (Lipinski definition) is 0. The Morgan fingerprint density at radius 2 is 1.58 bits per heavy atom. The molecule has 0 saturated heterocycles. The summed E-state index contributed by atoms with van der Waals surface area (Å²) in [4.78, 5) is 0. The van der Waals surface area contributed by atoms with Crippen molar-refractivity contribution in [2.75, 3.05) is 13.7 Å². The molecule has 0 bridgehead atoms. The number of ether oxygens (including phenoxy) is 2. The van der Waals surface area contributed by atoms with Crippen LogP contribution in [0.25, 0.3) is 0 Å². The van der Waals surface area contributed by atoms with Gasteiger partial charge in [-0.05, 0) is 29.4 Å². The summed E-state index contributed by atoms with van der Waals surface area (Å²) in [6.07, 6.45) is 0. The van der Waals surface area contributed by atoms with Crippen LogP contribution in [-0.4, -0.2) is 13.7 Å². The summed E-state index contributed by atoms with van der Waals surface area (Å²) in [6, 6.07) is 4.11. The van der Waals surface area contributed by atoms with Crippen LogP contribution in [0.4, 0.5) is 0 Å². The minimum absolute atomic E-state index is 0.0674. The molecule has 19 heavy (non-hydrogen) atoms. The van der Waals surface area contributed by atoms with Crippen LogP contribution in [-0.2, 0) is 5.41 Å². The zero-order valence-corrected chi connectivity index (χ0v) is 13.7. The predicted molar refractivity (Wildman–Crippen MR) is 81.4 cm³/mol. The second kappa shape index (κ2) is 5.44. The zero-order chi connectivity index (χ0) is 14.8. The van der Waals surface area contributed by atoms with Crippen molar-refractivity contribution in [2.45, 2.75) is 53.9 Å². The molecule has 0 spiro atoms. The van der Waals surface area contributed by atoms with Crippen molar-refractivity contribution in [2.24, 2.45) is 5.41 Å². The summed E-state index contributed by atoms with van der Waals surface area (Å²) in [5, 5.41) is 0. The van der Waals surface area contributed by atoms with Crippen molar-refractivity contribution in [3.05, 3.63) is 23.3 Å². The van der Waals surface area contributed by atoms with Crippen molar-refractivity contribution in [3.8, 4) is 11.5 Å². The second-order valence-corrected chi connectivity index (χ2v) is 7.42. The molecule has 0 N–H and O–H groups in total. The Balaban J connectivity index is 3.10. The van der Waals surface area contributed by atoms with Gasteiger partial charge in [0.1, 0.15) is 11.5 Å². The van der Waals surface area contributed by atoms with Gasteiger partial charge in [-0.1, -0.05) is 41.5 Å². The molecule has 0 fully saturated rings. The SMILES string of the molecule is COc1cc(OCC(C)(C)C)cc(C)c1C(C)(C)C. The van der Waals surface area contributed by atoms with E-state index in [1.807, 2.05) is 6.07 Å². The quantitative estimate of drug-likeness (QED) is 0.786. The van der Waals surface area contributed by atoms with E-state index in [2.05, 4.69) is 54.5 Å². The molecular formula is C17H28O2. The van der Waals surface area contributed by atoms with E-state index in [-0.39, 0.29) is 10.8 Å². The third-order valence-electron chi connectivity index (χ3n) is 2.91. The molecule has 0 radical (unpaired) electrons. The van der Waals surface area contributed by atoms with Gasteiger partial charge in [0.15, 0.2) is 0 Å². The van der Waals surface area contributed by atoms with Gasteiger partial charge in [0.05, 0.1) is 13.7 Å². The number of aryl methyl sites for hydroxylation is 1. The molecule has 0 amide bonds. The van der Waals surface area contributed by atoms with Gasteiger partial charge < -0.3 is 9.47 Å². The largest absolute Gasteiger partial charge is 0.496 e. The summed E-state index contributed by atoms with van der Waals surface area (Å²) in [5.74, 6) is 1.80. The highest BCUT2D eigenvalue weighted by molar-refractivity contribution is 5.49. The molecule has 0 aliphatic rings. The number of benzene rings is 1. The fraction of sp³-hybridized carbons (Fsp3) is 0.647. The van der Waals surface area contributed by atoms with Gasteiger partial charge in [-0.2, -0.15) is 0 Å². The molecule has 1 aromatic rings. The summed E-state index contributed by atoms with van der Waals surface area (Å²) in [6.45, 7) is 15.9. The predicted octanol–water partition coefficient (Wildman–Crippen LogP) is 4.73. The van der Waals surface area contributed by atoms with Gasteiger partial charge in [0.2, 0.25) is 0 Å². The lowest BCUT2D eigenvalue weighted by Crippen LogP contribution is -2.18. The van der Waals surface area contributed by atoms with Gasteiger partial charge in [-0.3, -0.25) is 0 Å². The van der Waals surface area contributed by atoms with Crippen LogP contribution in [0.1, 0.15) is 52.7 Å². The highest BCUT2D eigenvalue weighted by Gasteiger charge is 2.22. The third-order valence-corrected chi connectivity index (χ3v) is 2.91. The van der Waals surface area contributed by atoms with Crippen LogP contribution in [0.2, 0.25) is 0 Å². The minimum Gasteiger partial charge on any atom is -0.496 e. The van der Waals surface area contributed by atoms with Gasteiger partial charge >= 0.3 is 0 Å². The Bertz CT molecular complexity index is 434. The lowest BCUT2D eigenvalue weighted by molar-refractivity contribution is 0.197. The Kier molecular flexibility index (Phi) is 4.54. The molecule has 2 heteroatoms. The molecule has 2 nitrogen and oxygen atoms in total. The molecule has 0 aromatic heterocycles. The highest BCUT2D eigenvalue weighted by Crippen LogP contribution is 2.37. The highest BCUT2D eigenvalue weighted by atomic mass is 16.5. The maximum Gasteiger partial charge on any atom is 0.126 e. The van der Waals surface area contributed by atoms with E-state index >= 15 is 0 Å². The Morgan fingerprint density at radius 1 is 1.00 bits per heavy atom. The van der Waals surface area contributed by atoms with E-state index in [0.717, 1.165) is 11.5 Å². The summed E-state index contributed by atoms with van der Waals surface area (Å²) >= 11 is 0. The smallest absolute Gasteiger partial charge is 0.126 e. The third kappa shape index (κ3) is 4.45. The lowest BCUT2D eigenvalue weighted by atomic mass is 9.83. The minimum atomic E-state index is 0.0674. The number of rotatable bonds is 3. The molecule has 0 atom stereocenters. The Labute approximate surface area is 118 Å². The first-order valence-corrected chi connectivity index (χ1v) is 6.86. The first-order valence-electron chi connectivity index (χ1n) is 6.86. The zero-order valence-electron chi connectivity index (χ0n) is 13.7. The van der Waals surface area contributed by atoms with Crippen LogP contribution in [0.15, 0.2) is 12.1 Å². The van der Waals surface area contributed by atoms with E-state index in [4.69, 9.17) is 9.47 Å². The van der Waals surface area contributed by atoms with Crippen molar-refractivity contribution < 1.29 is 9.47 Å². The molecule has 0 heterocycles. The van der Waals surface area contributed by atoms with Gasteiger partial charge in [0.25, 0.3) is 0 Å². The lowest BCUT2D eigenvalue weighted by Gasteiger charge is -2.26. The van der Waals surface area contributed by atoms with Crippen LogP contribution in [0.3, 0.4) is 0 Å². The van der Waals surface area contributed by atoms with Crippen LogP contribution < -0.4 is 9.47 Å². The van der Waals surface area contributed by atoms with E-state index < -0.39 is 0 Å². The molecule has 0 unspecified atom stereocenters. The van der Waals surface area contributed by atoms with Gasteiger partial charge in [0, 0.05) is 11.6 Å². The van der Waals surface area contributed by atoms with Crippen molar-refractivity contribution in [1.82, 2.24) is 0 Å².